The molecule has 0 aromatic carbocycles. The summed E-state index contributed by atoms with van der Waals surface area (Å²) in [6.45, 7) is 8.70. The van der Waals surface area contributed by atoms with Gasteiger partial charge in [0.1, 0.15) is 16.5 Å². The maximum atomic E-state index is 5.40. The van der Waals surface area contributed by atoms with Gasteiger partial charge < -0.3 is 10.1 Å². The van der Waals surface area contributed by atoms with Gasteiger partial charge in [-0.15, -0.1) is 11.3 Å². The van der Waals surface area contributed by atoms with Crippen LogP contribution in [0.25, 0.3) is 10.2 Å². The number of aryl methyl sites for hydroxylation is 1. The van der Waals surface area contributed by atoms with Crippen molar-refractivity contribution in [3.63, 3.8) is 0 Å². The second kappa shape index (κ2) is 7.55. The third-order valence-corrected chi connectivity index (χ3v) is 4.23. The van der Waals surface area contributed by atoms with Crippen LogP contribution < -0.4 is 5.32 Å². The Labute approximate surface area is 124 Å². The Morgan fingerprint density at radius 1 is 1.25 bits per heavy atom. The standard InChI is InChI=1S/C15H23N3OS/c1-4-8-16-14-12-10-11(5-2)20-15(12)18-13(17-14)7-9-19-6-3/h10H,4-9H2,1-3H3,(H,16,17,18). The van der Waals surface area contributed by atoms with Crippen LogP contribution in [0, 0.1) is 0 Å². The maximum Gasteiger partial charge on any atom is 0.138 e. The number of fused-ring (bicyclic) bond motifs is 1. The average Bonchev–Trinajstić information content (AvgIpc) is 2.88. The third-order valence-electron chi connectivity index (χ3n) is 3.06. The van der Waals surface area contributed by atoms with Crippen molar-refractivity contribution < 1.29 is 4.74 Å². The van der Waals surface area contributed by atoms with Crippen LogP contribution in [0.1, 0.15) is 37.9 Å². The summed E-state index contributed by atoms with van der Waals surface area (Å²) in [5.74, 6) is 1.84. The molecule has 0 saturated heterocycles. The van der Waals surface area contributed by atoms with Crippen molar-refractivity contribution in [3.8, 4) is 0 Å². The van der Waals surface area contributed by atoms with Gasteiger partial charge in [-0.1, -0.05) is 13.8 Å². The van der Waals surface area contributed by atoms with Crippen LogP contribution >= 0.6 is 11.3 Å². The summed E-state index contributed by atoms with van der Waals surface area (Å²) in [6.07, 6.45) is 2.90. The minimum atomic E-state index is 0.682. The Morgan fingerprint density at radius 3 is 2.80 bits per heavy atom. The molecule has 2 aromatic heterocycles. The van der Waals surface area contributed by atoms with E-state index in [2.05, 4.69) is 35.2 Å². The number of anilines is 1. The molecule has 0 fully saturated rings. The van der Waals surface area contributed by atoms with Gasteiger partial charge in [0.2, 0.25) is 0 Å². The smallest absolute Gasteiger partial charge is 0.138 e. The first-order valence-corrected chi connectivity index (χ1v) is 8.21. The molecule has 20 heavy (non-hydrogen) atoms. The molecule has 0 unspecified atom stereocenters. The van der Waals surface area contributed by atoms with Crippen LogP contribution in [0.3, 0.4) is 0 Å². The van der Waals surface area contributed by atoms with Crippen LogP contribution in [-0.4, -0.2) is 29.7 Å². The number of aromatic nitrogens is 2. The summed E-state index contributed by atoms with van der Waals surface area (Å²) < 4.78 is 5.40. The minimum Gasteiger partial charge on any atom is -0.381 e. The lowest BCUT2D eigenvalue weighted by molar-refractivity contribution is 0.149. The predicted molar refractivity (Wildman–Crippen MR) is 85.8 cm³/mol. The van der Waals surface area contributed by atoms with Gasteiger partial charge in [-0.2, -0.15) is 0 Å². The molecule has 0 bridgehead atoms. The van der Waals surface area contributed by atoms with Crippen molar-refractivity contribution in [1.29, 1.82) is 0 Å². The highest BCUT2D eigenvalue weighted by Crippen LogP contribution is 2.29. The fourth-order valence-electron chi connectivity index (χ4n) is 1.99. The van der Waals surface area contributed by atoms with Gasteiger partial charge in [-0.05, 0) is 25.8 Å². The van der Waals surface area contributed by atoms with Crippen LogP contribution in [0.2, 0.25) is 0 Å². The summed E-state index contributed by atoms with van der Waals surface area (Å²) in [7, 11) is 0. The van der Waals surface area contributed by atoms with E-state index in [1.807, 2.05) is 6.92 Å². The largest absolute Gasteiger partial charge is 0.381 e. The Morgan fingerprint density at radius 2 is 2.10 bits per heavy atom. The maximum absolute atomic E-state index is 5.40. The molecule has 2 heterocycles. The van der Waals surface area contributed by atoms with Gasteiger partial charge in [0.15, 0.2) is 0 Å². The Hall–Kier alpha value is -1.20. The molecule has 0 aliphatic rings. The lowest BCUT2D eigenvalue weighted by atomic mass is 10.3. The molecule has 0 amide bonds. The number of ether oxygens (including phenoxy) is 1. The van der Waals surface area contributed by atoms with Gasteiger partial charge in [0.05, 0.1) is 12.0 Å². The second-order valence-corrected chi connectivity index (χ2v) is 5.76. The molecule has 0 spiro atoms. The number of nitrogens with one attached hydrogen (secondary N) is 1. The molecule has 2 aromatic rings. The molecule has 2 rings (SSSR count). The van der Waals surface area contributed by atoms with Crippen LogP contribution in [0.15, 0.2) is 6.07 Å². The van der Waals surface area contributed by atoms with Gasteiger partial charge in [0.25, 0.3) is 0 Å². The van der Waals surface area contributed by atoms with E-state index in [9.17, 15) is 0 Å². The molecule has 0 atom stereocenters. The average molecular weight is 293 g/mol. The monoisotopic (exact) mass is 293 g/mol. The summed E-state index contributed by atoms with van der Waals surface area (Å²) in [5, 5.41) is 4.57. The van der Waals surface area contributed by atoms with E-state index in [0.717, 1.165) is 54.3 Å². The van der Waals surface area contributed by atoms with Crippen molar-refractivity contribution in [2.75, 3.05) is 25.1 Å². The van der Waals surface area contributed by atoms with E-state index >= 15 is 0 Å². The topological polar surface area (TPSA) is 47.0 Å². The van der Waals surface area contributed by atoms with Crippen molar-refractivity contribution >= 4 is 27.4 Å². The van der Waals surface area contributed by atoms with Crippen molar-refractivity contribution in [2.45, 2.75) is 40.0 Å². The fraction of sp³-hybridized carbons (Fsp3) is 0.600. The summed E-state index contributed by atoms with van der Waals surface area (Å²) in [4.78, 5) is 11.8. The summed E-state index contributed by atoms with van der Waals surface area (Å²) in [5.41, 5.74) is 0. The SMILES string of the molecule is CCCNc1nc(CCOCC)nc2sc(CC)cc12. The van der Waals surface area contributed by atoms with E-state index in [0.29, 0.717) is 6.61 Å². The lowest BCUT2D eigenvalue weighted by Gasteiger charge is -2.08. The van der Waals surface area contributed by atoms with Crippen molar-refractivity contribution in [1.82, 2.24) is 9.97 Å². The van der Waals surface area contributed by atoms with E-state index in [4.69, 9.17) is 4.74 Å². The first-order valence-electron chi connectivity index (χ1n) is 7.39. The molecule has 110 valence electrons. The quantitative estimate of drug-likeness (QED) is 0.755. The highest BCUT2D eigenvalue weighted by atomic mass is 32.1. The zero-order valence-electron chi connectivity index (χ0n) is 12.5. The molecule has 0 saturated carbocycles. The zero-order valence-corrected chi connectivity index (χ0v) is 13.3. The van der Waals surface area contributed by atoms with E-state index in [-0.39, 0.29) is 0 Å². The Kier molecular flexibility index (Phi) is 5.73. The Balaban J connectivity index is 2.29. The first-order chi connectivity index (χ1) is 9.78. The molecule has 1 N–H and O–H groups in total. The normalized spacial score (nSPS) is 11.2. The number of nitrogens with zero attached hydrogens (tertiary/aromatic N) is 2. The van der Waals surface area contributed by atoms with E-state index < -0.39 is 0 Å². The fourth-order valence-corrected chi connectivity index (χ4v) is 2.97. The highest BCUT2D eigenvalue weighted by molar-refractivity contribution is 7.18. The number of thiophene rings is 1. The Bertz CT molecular complexity index is 553. The molecular formula is C15H23N3OS. The molecule has 0 radical (unpaired) electrons. The molecule has 0 aliphatic heterocycles. The lowest BCUT2D eigenvalue weighted by Crippen LogP contribution is -2.07. The van der Waals surface area contributed by atoms with Crippen LogP contribution in [0.4, 0.5) is 5.82 Å². The number of hydrogen-bond donors (Lipinski definition) is 1. The first kappa shape index (κ1) is 15.2. The number of hydrogen-bond acceptors (Lipinski definition) is 5. The molecule has 4 nitrogen and oxygen atoms in total. The minimum absolute atomic E-state index is 0.682. The second-order valence-electron chi connectivity index (χ2n) is 4.65. The van der Waals surface area contributed by atoms with Gasteiger partial charge >= 0.3 is 0 Å². The zero-order chi connectivity index (χ0) is 14.4. The van der Waals surface area contributed by atoms with Gasteiger partial charge in [-0.25, -0.2) is 9.97 Å². The van der Waals surface area contributed by atoms with Gasteiger partial charge in [0, 0.05) is 24.4 Å². The van der Waals surface area contributed by atoms with Crippen LogP contribution in [-0.2, 0) is 17.6 Å². The van der Waals surface area contributed by atoms with Crippen molar-refractivity contribution in [3.05, 3.63) is 16.8 Å². The number of rotatable bonds is 8. The summed E-state index contributed by atoms with van der Waals surface area (Å²) >= 11 is 1.77. The summed E-state index contributed by atoms with van der Waals surface area (Å²) in [6, 6.07) is 2.21. The highest BCUT2D eigenvalue weighted by Gasteiger charge is 2.11. The van der Waals surface area contributed by atoms with Gasteiger partial charge in [-0.3, -0.25) is 0 Å². The van der Waals surface area contributed by atoms with Crippen LogP contribution in [0.5, 0.6) is 0 Å². The third kappa shape index (κ3) is 3.67. The molecule has 5 heteroatoms. The van der Waals surface area contributed by atoms with Crippen molar-refractivity contribution in [2.24, 2.45) is 0 Å². The van der Waals surface area contributed by atoms with E-state index in [1.165, 1.54) is 4.88 Å². The predicted octanol–water partition coefficient (Wildman–Crippen LogP) is 3.65. The molecule has 0 aliphatic carbocycles. The van der Waals surface area contributed by atoms with E-state index in [1.54, 1.807) is 11.3 Å². The molecular weight excluding hydrogens is 270 g/mol.